The van der Waals surface area contributed by atoms with Gasteiger partial charge >= 0.3 is 0 Å². The molecule has 2 heteroatoms. The monoisotopic (exact) mass is 517 g/mol. The van der Waals surface area contributed by atoms with Crippen molar-refractivity contribution in [1.82, 2.24) is 0 Å². The summed E-state index contributed by atoms with van der Waals surface area (Å²) in [7, 11) is 0. The van der Waals surface area contributed by atoms with Crippen molar-refractivity contribution in [3.05, 3.63) is 139 Å². The average molecular weight is 518 g/mol. The van der Waals surface area contributed by atoms with Crippen molar-refractivity contribution < 1.29 is 0 Å². The zero-order valence-corrected chi connectivity index (χ0v) is 22.8. The van der Waals surface area contributed by atoms with E-state index in [0.717, 1.165) is 0 Å². The molecule has 0 amide bonds. The number of rotatable bonds is 3. The largest absolute Gasteiger partial charge is 0.310 e. The summed E-state index contributed by atoms with van der Waals surface area (Å²) in [5, 5.41) is 5.12. The molecule has 1 aliphatic rings. The summed E-state index contributed by atoms with van der Waals surface area (Å²) in [4.78, 5) is 2.45. The number of hydrogen-bond donors (Lipinski definition) is 0. The topological polar surface area (TPSA) is 3.24 Å². The highest BCUT2D eigenvalue weighted by Crippen LogP contribution is 2.51. The minimum absolute atomic E-state index is 0.0107. The first kappa shape index (κ1) is 22.6. The minimum Gasteiger partial charge on any atom is -0.310 e. The lowest BCUT2D eigenvalue weighted by atomic mass is 9.82. The van der Waals surface area contributed by atoms with Crippen molar-refractivity contribution in [3.8, 4) is 11.1 Å². The van der Waals surface area contributed by atoms with Crippen LogP contribution in [0.25, 0.3) is 42.1 Å². The van der Waals surface area contributed by atoms with Gasteiger partial charge in [-0.15, -0.1) is 11.3 Å². The van der Waals surface area contributed by atoms with Crippen molar-refractivity contribution in [2.24, 2.45) is 0 Å². The molecule has 39 heavy (non-hydrogen) atoms. The molecule has 1 aromatic heterocycles. The predicted molar refractivity (Wildman–Crippen MR) is 169 cm³/mol. The lowest BCUT2D eigenvalue weighted by Gasteiger charge is -2.28. The first-order valence-electron chi connectivity index (χ1n) is 13.5. The van der Waals surface area contributed by atoms with Crippen LogP contribution in [-0.4, -0.2) is 0 Å². The molecule has 0 radical (unpaired) electrons. The van der Waals surface area contributed by atoms with Crippen molar-refractivity contribution in [2.45, 2.75) is 19.3 Å². The fourth-order valence-corrected chi connectivity index (χ4v) is 7.62. The van der Waals surface area contributed by atoms with E-state index in [4.69, 9.17) is 0 Å². The van der Waals surface area contributed by atoms with Gasteiger partial charge in [-0.25, -0.2) is 0 Å². The molecule has 0 spiro atoms. The van der Waals surface area contributed by atoms with E-state index < -0.39 is 0 Å². The zero-order valence-electron chi connectivity index (χ0n) is 22.0. The summed E-state index contributed by atoms with van der Waals surface area (Å²) in [6.07, 6.45) is 0. The summed E-state index contributed by atoms with van der Waals surface area (Å²) in [6.45, 7) is 4.69. The smallest absolute Gasteiger partial charge is 0.0540 e. The van der Waals surface area contributed by atoms with E-state index >= 15 is 0 Å². The van der Waals surface area contributed by atoms with Crippen LogP contribution in [0.3, 0.4) is 0 Å². The molecule has 7 aromatic rings. The molecule has 1 heterocycles. The SMILES string of the molecule is CC1(C)c2ccccc2-c2cc(N(c3ccc4sc5ccccc5c4c3)c3cccc4ccccc34)ccc21. The Balaban J connectivity index is 1.41. The van der Waals surface area contributed by atoms with Crippen LogP contribution in [0, 0.1) is 0 Å². The average Bonchev–Trinajstić information content (AvgIpc) is 3.45. The molecule has 0 fully saturated rings. The molecule has 0 saturated heterocycles. The lowest BCUT2D eigenvalue weighted by molar-refractivity contribution is 0.660. The van der Waals surface area contributed by atoms with E-state index in [1.54, 1.807) is 0 Å². The maximum absolute atomic E-state index is 2.45. The Labute approximate surface area is 232 Å². The van der Waals surface area contributed by atoms with E-state index in [1.165, 1.54) is 70.3 Å². The number of hydrogen-bond acceptors (Lipinski definition) is 2. The van der Waals surface area contributed by atoms with Crippen LogP contribution in [0.15, 0.2) is 127 Å². The fraction of sp³-hybridized carbons (Fsp3) is 0.0811. The van der Waals surface area contributed by atoms with E-state index in [1.807, 2.05) is 11.3 Å². The first-order valence-corrected chi connectivity index (χ1v) is 14.3. The zero-order chi connectivity index (χ0) is 26.1. The third-order valence-corrected chi connectivity index (χ3v) is 9.60. The second-order valence-corrected chi connectivity index (χ2v) is 12.1. The van der Waals surface area contributed by atoms with Crippen LogP contribution in [0.5, 0.6) is 0 Å². The molecule has 1 aliphatic carbocycles. The van der Waals surface area contributed by atoms with E-state index in [9.17, 15) is 0 Å². The van der Waals surface area contributed by atoms with Crippen LogP contribution >= 0.6 is 11.3 Å². The third-order valence-electron chi connectivity index (χ3n) is 8.45. The number of anilines is 3. The van der Waals surface area contributed by atoms with Gasteiger partial charge in [-0.3, -0.25) is 0 Å². The van der Waals surface area contributed by atoms with Crippen LogP contribution in [-0.2, 0) is 5.41 Å². The van der Waals surface area contributed by atoms with Crippen LogP contribution in [0.4, 0.5) is 17.1 Å². The van der Waals surface area contributed by atoms with Gasteiger partial charge in [0.05, 0.1) is 5.69 Å². The van der Waals surface area contributed by atoms with E-state index in [-0.39, 0.29) is 5.41 Å². The molecule has 0 N–H and O–H groups in total. The third kappa shape index (κ3) is 3.32. The summed E-state index contributed by atoms with van der Waals surface area (Å²) >= 11 is 1.87. The molecule has 186 valence electrons. The maximum Gasteiger partial charge on any atom is 0.0540 e. The molecule has 0 aliphatic heterocycles. The highest BCUT2D eigenvalue weighted by Gasteiger charge is 2.35. The van der Waals surface area contributed by atoms with Crippen LogP contribution in [0.1, 0.15) is 25.0 Å². The summed E-state index contributed by atoms with van der Waals surface area (Å²) < 4.78 is 2.65. The Kier molecular flexibility index (Phi) is 4.80. The Bertz CT molecular complexity index is 2060. The lowest BCUT2D eigenvalue weighted by Crippen LogP contribution is -2.15. The van der Waals surface area contributed by atoms with Gasteiger partial charge in [-0.1, -0.05) is 98.8 Å². The van der Waals surface area contributed by atoms with Gasteiger partial charge in [0, 0.05) is 42.3 Å². The van der Waals surface area contributed by atoms with Gasteiger partial charge in [-0.2, -0.15) is 0 Å². The number of nitrogens with zero attached hydrogens (tertiary/aromatic N) is 1. The minimum atomic E-state index is -0.0107. The standard InChI is InChI=1S/C37H27NS/c1-37(2)32-15-7-5-13-28(32)30-22-25(18-20-33(30)37)38(34-16-9-11-24-10-3-4-12-27(24)34)26-19-21-36-31(23-26)29-14-6-8-17-35(29)39-36/h3-23H,1-2H3. The first-order chi connectivity index (χ1) is 19.1. The van der Waals surface area contributed by atoms with Crippen molar-refractivity contribution in [3.63, 3.8) is 0 Å². The summed E-state index contributed by atoms with van der Waals surface area (Å²) in [5.74, 6) is 0. The van der Waals surface area contributed by atoms with Crippen LogP contribution in [0.2, 0.25) is 0 Å². The molecule has 0 atom stereocenters. The number of benzene rings is 6. The molecule has 1 nitrogen and oxygen atoms in total. The molecule has 0 unspecified atom stereocenters. The summed E-state index contributed by atoms with van der Waals surface area (Å²) in [5.41, 5.74) is 9.01. The van der Waals surface area contributed by atoms with Gasteiger partial charge in [0.15, 0.2) is 0 Å². The Hall–Kier alpha value is -4.40. The van der Waals surface area contributed by atoms with Crippen LogP contribution < -0.4 is 4.90 Å². The Morgan fingerprint density at radius 1 is 0.513 bits per heavy atom. The summed E-state index contributed by atoms with van der Waals surface area (Å²) in [6, 6.07) is 47.0. The van der Waals surface area contributed by atoms with Gasteiger partial charge in [0.25, 0.3) is 0 Å². The molecular formula is C37H27NS. The second kappa shape index (κ2) is 8.30. The van der Waals surface area contributed by atoms with E-state index in [2.05, 4.69) is 146 Å². The second-order valence-electron chi connectivity index (χ2n) is 11.0. The van der Waals surface area contributed by atoms with Crippen molar-refractivity contribution >= 4 is 59.3 Å². The molecule has 0 saturated carbocycles. The fourth-order valence-electron chi connectivity index (χ4n) is 6.53. The van der Waals surface area contributed by atoms with E-state index in [0.29, 0.717) is 0 Å². The molecule has 6 aromatic carbocycles. The van der Waals surface area contributed by atoms with Crippen molar-refractivity contribution in [1.29, 1.82) is 0 Å². The number of thiophene rings is 1. The van der Waals surface area contributed by atoms with Crippen molar-refractivity contribution in [2.75, 3.05) is 4.90 Å². The molecule has 8 rings (SSSR count). The highest BCUT2D eigenvalue weighted by molar-refractivity contribution is 7.25. The Morgan fingerprint density at radius 2 is 1.18 bits per heavy atom. The molecule has 0 bridgehead atoms. The molecular weight excluding hydrogens is 490 g/mol. The quantitative estimate of drug-likeness (QED) is 0.225. The van der Waals surface area contributed by atoms with Gasteiger partial charge in [0.2, 0.25) is 0 Å². The highest BCUT2D eigenvalue weighted by atomic mass is 32.1. The van der Waals surface area contributed by atoms with Gasteiger partial charge in [-0.05, 0) is 70.1 Å². The predicted octanol–water partition coefficient (Wildman–Crippen LogP) is 11.0. The van der Waals surface area contributed by atoms with Gasteiger partial charge in [0.1, 0.15) is 0 Å². The Morgan fingerprint density at radius 3 is 2.10 bits per heavy atom. The normalized spacial score (nSPS) is 13.6. The maximum atomic E-state index is 2.45. The van der Waals surface area contributed by atoms with Gasteiger partial charge < -0.3 is 4.90 Å². The number of fused-ring (bicyclic) bond motifs is 7.